The van der Waals surface area contributed by atoms with Gasteiger partial charge in [-0.15, -0.1) is 0 Å². The van der Waals surface area contributed by atoms with Crippen molar-refractivity contribution in [3.8, 4) is 16.9 Å². The first-order chi connectivity index (χ1) is 18.1. The molecule has 10 heteroatoms. The summed E-state index contributed by atoms with van der Waals surface area (Å²) in [5.74, 6) is -0.000581. The van der Waals surface area contributed by atoms with Gasteiger partial charge >= 0.3 is 6.01 Å². The predicted octanol–water partition coefficient (Wildman–Crippen LogP) is 6.37. The van der Waals surface area contributed by atoms with Crippen LogP contribution in [-0.2, 0) is 0 Å². The average molecular weight is 548 g/mol. The van der Waals surface area contributed by atoms with Crippen LogP contribution < -0.4 is 20.1 Å². The molecule has 38 heavy (non-hydrogen) atoms. The Labute approximate surface area is 228 Å². The van der Waals surface area contributed by atoms with Crippen LogP contribution in [0.3, 0.4) is 0 Å². The molecule has 1 fully saturated rings. The summed E-state index contributed by atoms with van der Waals surface area (Å²) < 4.78 is 36.8. The second-order valence-electron chi connectivity index (χ2n) is 9.99. The van der Waals surface area contributed by atoms with Gasteiger partial charge in [-0.25, -0.2) is 8.78 Å². The van der Waals surface area contributed by atoms with Crippen LogP contribution in [0.4, 0.5) is 14.8 Å². The smallest absolute Gasteiger partial charge is 0.324 e. The Morgan fingerprint density at radius 3 is 2.18 bits per heavy atom. The highest BCUT2D eigenvalue weighted by atomic mass is 32.2. The van der Waals surface area contributed by atoms with E-state index in [4.69, 9.17) is 15.0 Å². The highest BCUT2D eigenvalue weighted by molar-refractivity contribution is 7.97. The lowest BCUT2D eigenvalue weighted by molar-refractivity contribution is 0.0437. The molecule has 208 valence electrons. The summed E-state index contributed by atoms with van der Waals surface area (Å²) in [5.41, 5.74) is 7.89. The largest absolute Gasteiger partial charge is 0.493 e. The maximum Gasteiger partial charge on any atom is 0.324 e. The van der Waals surface area contributed by atoms with Crippen molar-refractivity contribution in [3.05, 3.63) is 54.4 Å². The highest BCUT2D eigenvalue weighted by Gasteiger charge is 2.24. The standard InChI is InChI=1S/C25H33N5O2S.C3H6F2/c1-18(2)24-28-25(32-29-24)30-15-11-19(12-16-30)17-31-22-7-3-20(4-8-22)21-5-9-23(10-6-21)33-27-14-13-26;1-3(2,4)5/h3-10,18-19,27H,11-17,26H2,1-2H3;1-2H3. The van der Waals surface area contributed by atoms with Crippen LogP contribution in [0.25, 0.3) is 11.1 Å². The van der Waals surface area contributed by atoms with E-state index in [1.54, 1.807) is 11.9 Å². The van der Waals surface area contributed by atoms with Gasteiger partial charge in [0.25, 0.3) is 0 Å². The van der Waals surface area contributed by atoms with E-state index in [2.05, 4.69) is 82.1 Å². The van der Waals surface area contributed by atoms with Gasteiger partial charge in [-0.2, -0.15) is 4.98 Å². The topological polar surface area (TPSA) is 89.4 Å². The number of hydrogen-bond donors (Lipinski definition) is 2. The van der Waals surface area contributed by atoms with Crippen LogP contribution >= 0.6 is 11.9 Å². The minimum atomic E-state index is -2.50. The van der Waals surface area contributed by atoms with Crippen LogP contribution in [-0.4, -0.2) is 48.8 Å². The fourth-order valence-corrected chi connectivity index (χ4v) is 4.41. The number of piperidine rings is 1. The van der Waals surface area contributed by atoms with Gasteiger partial charge in [-0.05, 0) is 79.9 Å². The third kappa shape index (κ3) is 10.2. The van der Waals surface area contributed by atoms with Gasteiger partial charge in [0.2, 0.25) is 5.92 Å². The molecule has 2 heterocycles. The molecule has 0 amide bonds. The number of hydrogen-bond acceptors (Lipinski definition) is 8. The lowest BCUT2D eigenvalue weighted by Gasteiger charge is -2.30. The van der Waals surface area contributed by atoms with Crippen molar-refractivity contribution in [1.82, 2.24) is 14.9 Å². The zero-order chi connectivity index (χ0) is 27.5. The number of nitrogens with two attached hydrogens (primary N) is 1. The SMILES string of the molecule is CC(C)(F)F.CC(C)c1noc(N2CCC(COc3ccc(-c4ccc(SNCCN)cc4)cc3)CC2)n1. The number of ether oxygens (including phenoxy) is 1. The molecule has 2 aromatic carbocycles. The van der Waals surface area contributed by atoms with E-state index in [1.807, 2.05) is 0 Å². The van der Waals surface area contributed by atoms with Gasteiger partial charge in [0.1, 0.15) is 5.75 Å². The van der Waals surface area contributed by atoms with Gasteiger partial charge in [0.05, 0.1) is 6.61 Å². The molecule has 3 aromatic rings. The van der Waals surface area contributed by atoms with Crippen molar-refractivity contribution in [3.63, 3.8) is 0 Å². The number of nitrogens with zero attached hydrogens (tertiary/aromatic N) is 3. The van der Waals surface area contributed by atoms with E-state index in [0.29, 0.717) is 18.5 Å². The molecule has 7 nitrogen and oxygen atoms in total. The van der Waals surface area contributed by atoms with E-state index in [9.17, 15) is 8.78 Å². The Bertz CT molecular complexity index is 1070. The molecule has 0 atom stereocenters. The predicted molar refractivity (Wildman–Crippen MR) is 150 cm³/mol. The van der Waals surface area contributed by atoms with Crippen molar-refractivity contribution in [2.75, 3.05) is 37.7 Å². The maximum atomic E-state index is 11.0. The van der Waals surface area contributed by atoms with E-state index >= 15 is 0 Å². The summed E-state index contributed by atoms with van der Waals surface area (Å²) in [6, 6.07) is 17.5. The highest BCUT2D eigenvalue weighted by Crippen LogP contribution is 2.27. The Hall–Kier alpha value is -2.69. The third-order valence-electron chi connectivity index (χ3n) is 5.80. The number of nitrogens with one attached hydrogen (secondary N) is 1. The molecule has 4 rings (SSSR count). The molecule has 1 aliphatic heterocycles. The van der Waals surface area contributed by atoms with Gasteiger partial charge < -0.3 is 19.9 Å². The van der Waals surface area contributed by atoms with E-state index in [-0.39, 0.29) is 5.92 Å². The molecule has 0 unspecified atom stereocenters. The first-order valence-electron chi connectivity index (χ1n) is 13.0. The van der Waals surface area contributed by atoms with Gasteiger partial charge in [0, 0.05) is 37.0 Å². The molecule has 1 saturated heterocycles. The molecular weight excluding hydrogens is 508 g/mol. The molecule has 0 radical (unpaired) electrons. The molecule has 1 aromatic heterocycles. The minimum absolute atomic E-state index is 0.280. The minimum Gasteiger partial charge on any atom is -0.493 e. The van der Waals surface area contributed by atoms with E-state index in [1.165, 1.54) is 16.0 Å². The van der Waals surface area contributed by atoms with Crippen molar-refractivity contribution in [1.29, 1.82) is 0 Å². The number of halogens is 2. The summed E-state index contributed by atoms with van der Waals surface area (Å²) in [5, 5.41) is 4.07. The molecule has 0 aliphatic carbocycles. The summed E-state index contributed by atoms with van der Waals surface area (Å²) in [6.45, 7) is 9.86. The zero-order valence-corrected chi connectivity index (χ0v) is 23.4. The lowest BCUT2D eigenvalue weighted by Crippen LogP contribution is -2.35. The number of aromatic nitrogens is 2. The normalized spacial score (nSPS) is 14.4. The average Bonchev–Trinajstić information content (AvgIpc) is 3.39. The lowest BCUT2D eigenvalue weighted by atomic mass is 9.98. The first kappa shape index (κ1) is 29.9. The zero-order valence-electron chi connectivity index (χ0n) is 22.6. The van der Waals surface area contributed by atoms with Crippen LogP contribution in [0, 0.1) is 5.92 Å². The fraction of sp³-hybridized carbons (Fsp3) is 0.500. The maximum absolute atomic E-state index is 11.0. The monoisotopic (exact) mass is 547 g/mol. The number of benzene rings is 2. The summed E-state index contributed by atoms with van der Waals surface area (Å²) in [7, 11) is 0. The van der Waals surface area contributed by atoms with Crippen LogP contribution in [0.15, 0.2) is 57.9 Å². The van der Waals surface area contributed by atoms with Crippen molar-refractivity contribution >= 4 is 18.0 Å². The van der Waals surface area contributed by atoms with Crippen molar-refractivity contribution in [2.45, 2.75) is 57.3 Å². The number of alkyl halides is 2. The molecule has 1 aliphatic rings. The van der Waals surface area contributed by atoms with Crippen LogP contribution in [0.2, 0.25) is 0 Å². The summed E-state index contributed by atoms with van der Waals surface area (Å²) in [4.78, 5) is 7.88. The molecule has 3 N–H and O–H groups in total. The second kappa shape index (κ2) is 14.5. The van der Waals surface area contributed by atoms with Gasteiger partial charge in [-0.3, -0.25) is 4.72 Å². The van der Waals surface area contributed by atoms with Gasteiger partial charge in [-0.1, -0.05) is 43.3 Å². The summed E-state index contributed by atoms with van der Waals surface area (Å²) in [6.07, 6.45) is 2.12. The molecule has 0 saturated carbocycles. The number of anilines is 1. The van der Waals surface area contributed by atoms with Gasteiger partial charge in [0.15, 0.2) is 5.82 Å². The van der Waals surface area contributed by atoms with Crippen molar-refractivity contribution < 1.29 is 18.0 Å². The molecule has 0 spiro atoms. The second-order valence-corrected chi connectivity index (χ2v) is 11.0. The quantitative estimate of drug-likeness (QED) is 0.224. The third-order valence-corrected chi connectivity index (χ3v) is 6.65. The Morgan fingerprint density at radius 1 is 1.08 bits per heavy atom. The van der Waals surface area contributed by atoms with Crippen LogP contribution in [0.5, 0.6) is 5.75 Å². The molecular formula is C28H39F2N5O2S. The Balaban J connectivity index is 0.000000732. The first-order valence-corrected chi connectivity index (χ1v) is 13.8. The molecule has 0 bridgehead atoms. The van der Waals surface area contributed by atoms with Crippen molar-refractivity contribution in [2.24, 2.45) is 11.7 Å². The summed E-state index contributed by atoms with van der Waals surface area (Å²) >= 11 is 1.61. The Kier molecular flexibility index (Phi) is 11.4. The van der Waals surface area contributed by atoms with E-state index < -0.39 is 5.92 Å². The fourth-order valence-electron chi connectivity index (χ4n) is 3.75. The van der Waals surface area contributed by atoms with E-state index in [0.717, 1.165) is 64.5 Å². The van der Waals surface area contributed by atoms with Crippen LogP contribution in [0.1, 0.15) is 52.3 Å². The number of rotatable bonds is 10. The Morgan fingerprint density at radius 2 is 1.66 bits per heavy atom.